The predicted octanol–water partition coefficient (Wildman–Crippen LogP) is 3.08. The van der Waals surface area contributed by atoms with Crippen LogP contribution in [-0.4, -0.2) is 0 Å². The standard InChI is InChI=1S/C12H20N2S/c1-9-4-6-10(7-5-9)12(14-13)11-3-2-8-15-11/h2-3,8-10,12,14H,4-7,13H2,1H3. The van der Waals surface area contributed by atoms with E-state index < -0.39 is 0 Å². The van der Waals surface area contributed by atoms with Crippen molar-refractivity contribution in [3.05, 3.63) is 22.4 Å². The third-order valence-corrected chi connectivity index (χ3v) is 4.52. The number of hydrogen-bond donors (Lipinski definition) is 2. The van der Waals surface area contributed by atoms with E-state index >= 15 is 0 Å². The average molecular weight is 224 g/mol. The average Bonchev–Trinajstić information content (AvgIpc) is 2.75. The van der Waals surface area contributed by atoms with Gasteiger partial charge in [0.2, 0.25) is 0 Å². The molecular weight excluding hydrogens is 204 g/mol. The first-order valence-corrected chi connectivity index (χ1v) is 6.68. The van der Waals surface area contributed by atoms with E-state index in [-0.39, 0.29) is 0 Å². The van der Waals surface area contributed by atoms with Gasteiger partial charge in [-0.05, 0) is 36.1 Å². The Labute approximate surface area is 95.8 Å². The van der Waals surface area contributed by atoms with Crippen LogP contribution in [-0.2, 0) is 0 Å². The maximum absolute atomic E-state index is 5.69. The largest absolute Gasteiger partial charge is 0.271 e. The maximum atomic E-state index is 5.69. The van der Waals surface area contributed by atoms with E-state index in [2.05, 4.69) is 29.9 Å². The predicted molar refractivity (Wildman–Crippen MR) is 65.5 cm³/mol. The lowest BCUT2D eigenvalue weighted by molar-refractivity contribution is 0.234. The molecule has 1 aromatic heterocycles. The molecule has 1 unspecified atom stereocenters. The highest BCUT2D eigenvalue weighted by molar-refractivity contribution is 7.10. The first-order chi connectivity index (χ1) is 7.31. The van der Waals surface area contributed by atoms with Gasteiger partial charge >= 0.3 is 0 Å². The van der Waals surface area contributed by atoms with Gasteiger partial charge in [-0.2, -0.15) is 0 Å². The fourth-order valence-electron chi connectivity index (χ4n) is 2.54. The Morgan fingerprint density at radius 1 is 1.40 bits per heavy atom. The molecule has 0 amide bonds. The van der Waals surface area contributed by atoms with Crippen molar-refractivity contribution in [2.75, 3.05) is 0 Å². The Morgan fingerprint density at radius 2 is 2.13 bits per heavy atom. The molecule has 0 saturated heterocycles. The van der Waals surface area contributed by atoms with Crippen LogP contribution in [0.5, 0.6) is 0 Å². The molecular formula is C12H20N2S. The quantitative estimate of drug-likeness (QED) is 0.611. The van der Waals surface area contributed by atoms with Gasteiger partial charge in [-0.15, -0.1) is 11.3 Å². The molecule has 1 aromatic rings. The molecule has 1 atom stereocenters. The second kappa shape index (κ2) is 5.10. The van der Waals surface area contributed by atoms with Crippen LogP contribution in [0.3, 0.4) is 0 Å². The maximum Gasteiger partial charge on any atom is 0.0581 e. The number of hydrazine groups is 1. The molecule has 2 nitrogen and oxygen atoms in total. The molecule has 1 aliphatic carbocycles. The van der Waals surface area contributed by atoms with Gasteiger partial charge in [-0.3, -0.25) is 11.3 Å². The summed E-state index contributed by atoms with van der Waals surface area (Å²) in [6.07, 6.45) is 5.34. The molecule has 84 valence electrons. The second-order valence-corrected chi connectivity index (χ2v) is 5.66. The van der Waals surface area contributed by atoms with Crippen molar-refractivity contribution in [2.45, 2.75) is 38.6 Å². The van der Waals surface area contributed by atoms with Crippen LogP contribution in [0.25, 0.3) is 0 Å². The highest BCUT2D eigenvalue weighted by Gasteiger charge is 2.26. The van der Waals surface area contributed by atoms with E-state index in [1.807, 2.05) is 11.3 Å². The molecule has 1 aliphatic rings. The Bertz CT molecular complexity index is 276. The van der Waals surface area contributed by atoms with Gasteiger partial charge in [-0.1, -0.05) is 25.8 Å². The fourth-order valence-corrected chi connectivity index (χ4v) is 3.42. The zero-order valence-corrected chi connectivity index (χ0v) is 10.1. The van der Waals surface area contributed by atoms with E-state index in [0.717, 1.165) is 11.8 Å². The first-order valence-electron chi connectivity index (χ1n) is 5.80. The van der Waals surface area contributed by atoms with Crippen molar-refractivity contribution in [1.82, 2.24) is 5.43 Å². The molecule has 3 N–H and O–H groups in total. The molecule has 2 rings (SSSR count). The van der Waals surface area contributed by atoms with Gasteiger partial charge in [0.05, 0.1) is 6.04 Å². The molecule has 0 aliphatic heterocycles. The zero-order valence-electron chi connectivity index (χ0n) is 9.28. The Hall–Kier alpha value is -0.380. The van der Waals surface area contributed by atoms with Crippen LogP contribution < -0.4 is 11.3 Å². The minimum Gasteiger partial charge on any atom is -0.271 e. The van der Waals surface area contributed by atoms with Gasteiger partial charge in [-0.25, -0.2) is 0 Å². The summed E-state index contributed by atoms with van der Waals surface area (Å²) in [7, 11) is 0. The van der Waals surface area contributed by atoms with Crippen molar-refractivity contribution in [2.24, 2.45) is 17.7 Å². The van der Waals surface area contributed by atoms with Crippen LogP contribution in [0.1, 0.15) is 43.5 Å². The molecule has 3 heteroatoms. The molecule has 0 bridgehead atoms. The van der Waals surface area contributed by atoms with Crippen LogP contribution in [0.4, 0.5) is 0 Å². The van der Waals surface area contributed by atoms with Crippen molar-refractivity contribution in [1.29, 1.82) is 0 Å². The molecule has 1 fully saturated rings. The molecule has 0 spiro atoms. The third kappa shape index (κ3) is 2.60. The summed E-state index contributed by atoms with van der Waals surface area (Å²) in [5.74, 6) is 7.32. The highest BCUT2D eigenvalue weighted by Crippen LogP contribution is 2.37. The van der Waals surface area contributed by atoms with Crippen LogP contribution in [0.2, 0.25) is 0 Å². The van der Waals surface area contributed by atoms with Gasteiger partial charge in [0.15, 0.2) is 0 Å². The summed E-state index contributed by atoms with van der Waals surface area (Å²) in [6.45, 7) is 2.35. The zero-order chi connectivity index (χ0) is 10.7. The Morgan fingerprint density at radius 3 is 2.67 bits per heavy atom. The summed E-state index contributed by atoms with van der Waals surface area (Å²) < 4.78 is 0. The Balaban J connectivity index is 2.01. The summed E-state index contributed by atoms with van der Waals surface area (Å²) in [5, 5.41) is 2.13. The van der Waals surface area contributed by atoms with E-state index in [1.54, 1.807) is 0 Å². The topological polar surface area (TPSA) is 38.0 Å². The lowest BCUT2D eigenvalue weighted by atomic mass is 9.79. The fraction of sp³-hybridized carbons (Fsp3) is 0.667. The lowest BCUT2D eigenvalue weighted by Crippen LogP contribution is -2.34. The van der Waals surface area contributed by atoms with Crippen LogP contribution >= 0.6 is 11.3 Å². The van der Waals surface area contributed by atoms with E-state index in [0.29, 0.717) is 6.04 Å². The number of nitrogens with two attached hydrogens (primary N) is 1. The SMILES string of the molecule is CC1CCC(C(NN)c2cccs2)CC1. The minimum atomic E-state index is 0.373. The number of hydrogen-bond acceptors (Lipinski definition) is 3. The van der Waals surface area contributed by atoms with Gasteiger partial charge < -0.3 is 0 Å². The molecule has 0 aromatic carbocycles. The van der Waals surface area contributed by atoms with Crippen molar-refractivity contribution < 1.29 is 0 Å². The number of nitrogens with one attached hydrogen (secondary N) is 1. The second-order valence-electron chi connectivity index (χ2n) is 4.68. The Kier molecular flexibility index (Phi) is 3.78. The lowest BCUT2D eigenvalue weighted by Gasteiger charge is -2.31. The number of thiophene rings is 1. The highest BCUT2D eigenvalue weighted by atomic mass is 32.1. The third-order valence-electron chi connectivity index (χ3n) is 3.56. The summed E-state index contributed by atoms with van der Waals surface area (Å²) in [4.78, 5) is 1.39. The van der Waals surface area contributed by atoms with E-state index in [4.69, 9.17) is 5.84 Å². The molecule has 0 radical (unpaired) electrons. The summed E-state index contributed by atoms with van der Waals surface area (Å²) >= 11 is 1.81. The van der Waals surface area contributed by atoms with Gasteiger partial charge in [0.1, 0.15) is 0 Å². The van der Waals surface area contributed by atoms with E-state index in [9.17, 15) is 0 Å². The molecule has 1 saturated carbocycles. The van der Waals surface area contributed by atoms with Crippen LogP contribution in [0.15, 0.2) is 17.5 Å². The van der Waals surface area contributed by atoms with Gasteiger partial charge in [0, 0.05) is 4.88 Å². The first kappa shape index (κ1) is 11.1. The van der Waals surface area contributed by atoms with E-state index in [1.165, 1.54) is 30.6 Å². The van der Waals surface area contributed by atoms with Gasteiger partial charge in [0.25, 0.3) is 0 Å². The number of rotatable bonds is 3. The van der Waals surface area contributed by atoms with Crippen LogP contribution in [0, 0.1) is 11.8 Å². The minimum absolute atomic E-state index is 0.373. The van der Waals surface area contributed by atoms with Crippen molar-refractivity contribution in [3.63, 3.8) is 0 Å². The van der Waals surface area contributed by atoms with Crippen molar-refractivity contribution >= 4 is 11.3 Å². The summed E-state index contributed by atoms with van der Waals surface area (Å²) in [5.41, 5.74) is 3.00. The smallest absolute Gasteiger partial charge is 0.0581 e. The molecule has 1 heterocycles. The van der Waals surface area contributed by atoms with Crippen molar-refractivity contribution in [3.8, 4) is 0 Å². The molecule has 15 heavy (non-hydrogen) atoms. The normalized spacial score (nSPS) is 28.9. The summed E-state index contributed by atoms with van der Waals surface area (Å²) in [6, 6.07) is 4.67. The monoisotopic (exact) mass is 224 g/mol.